The highest BCUT2D eigenvalue weighted by Crippen LogP contribution is 2.22. The van der Waals surface area contributed by atoms with Crippen molar-refractivity contribution >= 4 is 9.39 Å². The summed E-state index contributed by atoms with van der Waals surface area (Å²) in [5, 5.41) is 0. The zero-order valence-corrected chi connectivity index (χ0v) is 7.29. The molecule has 1 saturated carbocycles. The molecule has 0 N–H and O–H groups in total. The molecule has 0 aliphatic heterocycles. The lowest BCUT2D eigenvalue weighted by molar-refractivity contribution is 0.304. The van der Waals surface area contributed by atoms with E-state index in [0.29, 0.717) is 0 Å². The largest absolute Gasteiger partial charge is 0.287 e. The van der Waals surface area contributed by atoms with Crippen LogP contribution in [0.1, 0.15) is 32.1 Å². The molecule has 1 unspecified atom stereocenters. The standard InChI is InChI=1S/C7H16NP/c1-8(9)7-5-3-2-4-6-7/h7H,2-6,9H2,1H3. The number of nitrogens with zero attached hydrogens (tertiary/aromatic N) is 1. The van der Waals surface area contributed by atoms with Crippen LogP contribution in [-0.2, 0) is 0 Å². The van der Waals surface area contributed by atoms with Crippen LogP contribution < -0.4 is 0 Å². The number of rotatable bonds is 1. The van der Waals surface area contributed by atoms with Crippen LogP contribution in [0.5, 0.6) is 0 Å². The average Bonchev–Trinajstić information content (AvgIpc) is 1.90. The van der Waals surface area contributed by atoms with E-state index in [1.54, 1.807) is 0 Å². The van der Waals surface area contributed by atoms with Gasteiger partial charge in [-0.15, -0.1) is 0 Å². The van der Waals surface area contributed by atoms with Crippen LogP contribution in [0.4, 0.5) is 0 Å². The van der Waals surface area contributed by atoms with Crippen molar-refractivity contribution in [1.82, 2.24) is 4.67 Å². The number of hydrogen-bond donors (Lipinski definition) is 0. The Balaban J connectivity index is 2.23. The highest BCUT2D eigenvalue weighted by molar-refractivity contribution is 7.13. The van der Waals surface area contributed by atoms with E-state index in [-0.39, 0.29) is 0 Å². The van der Waals surface area contributed by atoms with E-state index in [4.69, 9.17) is 0 Å². The monoisotopic (exact) mass is 145 g/mol. The topological polar surface area (TPSA) is 3.24 Å². The predicted molar refractivity (Wildman–Crippen MR) is 44.3 cm³/mol. The van der Waals surface area contributed by atoms with Crippen LogP contribution in [0, 0.1) is 0 Å². The van der Waals surface area contributed by atoms with Gasteiger partial charge in [-0.1, -0.05) is 28.7 Å². The smallest absolute Gasteiger partial charge is 0.0126 e. The molecular formula is C7H16NP. The van der Waals surface area contributed by atoms with Gasteiger partial charge in [-0.05, 0) is 19.9 Å². The van der Waals surface area contributed by atoms with Gasteiger partial charge in [0.25, 0.3) is 0 Å². The van der Waals surface area contributed by atoms with Gasteiger partial charge in [0.1, 0.15) is 0 Å². The summed E-state index contributed by atoms with van der Waals surface area (Å²) in [7, 11) is 4.91. The highest BCUT2D eigenvalue weighted by atomic mass is 31.0. The second-order valence-corrected chi connectivity index (χ2v) is 3.77. The molecular weight excluding hydrogens is 129 g/mol. The Bertz CT molecular complexity index is 77.0. The lowest BCUT2D eigenvalue weighted by Crippen LogP contribution is -2.25. The highest BCUT2D eigenvalue weighted by Gasteiger charge is 2.14. The maximum absolute atomic E-state index is 2.76. The van der Waals surface area contributed by atoms with Crippen LogP contribution in [0.25, 0.3) is 0 Å². The van der Waals surface area contributed by atoms with E-state index >= 15 is 0 Å². The summed E-state index contributed by atoms with van der Waals surface area (Å²) in [5.74, 6) is 0. The number of hydrogen-bond acceptors (Lipinski definition) is 1. The molecule has 9 heavy (non-hydrogen) atoms. The zero-order chi connectivity index (χ0) is 6.69. The molecule has 1 rings (SSSR count). The molecule has 0 aromatic carbocycles. The Hall–Kier alpha value is 0.390. The Morgan fingerprint density at radius 3 is 2.11 bits per heavy atom. The zero-order valence-electron chi connectivity index (χ0n) is 6.14. The van der Waals surface area contributed by atoms with Gasteiger partial charge in [0.15, 0.2) is 0 Å². The third-order valence-electron chi connectivity index (χ3n) is 2.15. The quantitative estimate of drug-likeness (QED) is 0.510. The van der Waals surface area contributed by atoms with E-state index in [0.717, 1.165) is 6.04 Å². The van der Waals surface area contributed by atoms with Crippen molar-refractivity contribution in [2.75, 3.05) is 7.05 Å². The summed E-state index contributed by atoms with van der Waals surface area (Å²) in [4.78, 5) is 0. The van der Waals surface area contributed by atoms with Crippen LogP contribution in [0.3, 0.4) is 0 Å². The minimum Gasteiger partial charge on any atom is -0.287 e. The molecule has 1 aliphatic rings. The van der Waals surface area contributed by atoms with Gasteiger partial charge >= 0.3 is 0 Å². The molecule has 0 aromatic heterocycles. The first kappa shape index (κ1) is 7.50. The molecule has 1 aliphatic carbocycles. The Labute approximate surface area is 60.1 Å². The molecule has 1 nitrogen and oxygen atoms in total. The summed E-state index contributed by atoms with van der Waals surface area (Å²) >= 11 is 0. The van der Waals surface area contributed by atoms with Gasteiger partial charge in [0, 0.05) is 6.04 Å². The molecule has 54 valence electrons. The predicted octanol–water partition coefficient (Wildman–Crippen LogP) is 2.04. The lowest BCUT2D eigenvalue weighted by Gasteiger charge is -2.27. The minimum atomic E-state index is 0.851. The maximum Gasteiger partial charge on any atom is 0.0126 e. The molecule has 0 spiro atoms. The van der Waals surface area contributed by atoms with Crippen LogP contribution in [0.15, 0.2) is 0 Å². The Morgan fingerprint density at radius 2 is 1.78 bits per heavy atom. The van der Waals surface area contributed by atoms with Crippen LogP contribution >= 0.6 is 9.39 Å². The summed E-state index contributed by atoms with van der Waals surface area (Å²) < 4.78 is 2.28. The lowest BCUT2D eigenvalue weighted by atomic mass is 9.96. The second kappa shape index (κ2) is 3.53. The molecule has 1 atom stereocenters. The van der Waals surface area contributed by atoms with Gasteiger partial charge in [-0.25, -0.2) is 0 Å². The van der Waals surface area contributed by atoms with Crippen molar-refractivity contribution < 1.29 is 0 Å². The normalized spacial score (nSPS) is 23.0. The van der Waals surface area contributed by atoms with Crippen molar-refractivity contribution in [3.63, 3.8) is 0 Å². The Morgan fingerprint density at radius 1 is 1.22 bits per heavy atom. The fraction of sp³-hybridized carbons (Fsp3) is 1.00. The third kappa shape index (κ3) is 2.23. The summed E-state index contributed by atoms with van der Waals surface area (Å²) in [6, 6.07) is 0.851. The Kier molecular flexibility index (Phi) is 2.94. The molecule has 0 aromatic rings. The van der Waals surface area contributed by atoms with Crippen molar-refractivity contribution in [3.05, 3.63) is 0 Å². The molecule has 0 saturated heterocycles. The third-order valence-corrected chi connectivity index (χ3v) is 2.57. The molecule has 0 amide bonds. The van der Waals surface area contributed by atoms with Crippen molar-refractivity contribution in [1.29, 1.82) is 0 Å². The van der Waals surface area contributed by atoms with E-state index in [1.807, 2.05) is 0 Å². The van der Waals surface area contributed by atoms with E-state index in [2.05, 4.69) is 21.1 Å². The maximum atomic E-state index is 2.76. The van der Waals surface area contributed by atoms with Gasteiger partial charge in [0.2, 0.25) is 0 Å². The van der Waals surface area contributed by atoms with Crippen LogP contribution in [0.2, 0.25) is 0 Å². The molecule has 0 bridgehead atoms. The summed E-state index contributed by atoms with van der Waals surface area (Å²) in [6.07, 6.45) is 7.13. The van der Waals surface area contributed by atoms with Crippen molar-refractivity contribution in [2.45, 2.75) is 38.1 Å². The first-order chi connectivity index (χ1) is 4.30. The molecule has 2 heteroatoms. The fourth-order valence-electron chi connectivity index (χ4n) is 1.49. The van der Waals surface area contributed by atoms with Crippen molar-refractivity contribution in [2.24, 2.45) is 0 Å². The van der Waals surface area contributed by atoms with Gasteiger partial charge < -0.3 is 0 Å². The average molecular weight is 145 g/mol. The van der Waals surface area contributed by atoms with Gasteiger partial charge in [-0.3, -0.25) is 4.67 Å². The van der Waals surface area contributed by atoms with E-state index < -0.39 is 0 Å². The fourth-order valence-corrected chi connectivity index (χ4v) is 1.79. The van der Waals surface area contributed by atoms with Crippen molar-refractivity contribution in [3.8, 4) is 0 Å². The summed E-state index contributed by atoms with van der Waals surface area (Å²) in [5.41, 5.74) is 0. The molecule has 0 radical (unpaired) electrons. The SMILES string of the molecule is CN(P)C1CCCCC1. The summed E-state index contributed by atoms with van der Waals surface area (Å²) in [6.45, 7) is 0. The van der Waals surface area contributed by atoms with E-state index in [1.165, 1.54) is 32.1 Å². The van der Waals surface area contributed by atoms with Crippen LogP contribution in [-0.4, -0.2) is 17.8 Å². The second-order valence-electron chi connectivity index (χ2n) is 2.96. The first-order valence-corrected chi connectivity index (χ1v) is 4.30. The van der Waals surface area contributed by atoms with Gasteiger partial charge in [0.05, 0.1) is 0 Å². The molecule has 0 heterocycles. The first-order valence-electron chi connectivity index (χ1n) is 3.78. The van der Waals surface area contributed by atoms with E-state index in [9.17, 15) is 0 Å². The minimum absolute atomic E-state index is 0.851. The molecule has 1 fully saturated rings. The van der Waals surface area contributed by atoms with Gasteiger partial charge in [-0.2, -0.15) is 0 Å².